The molecule has 1 aromatic heterocycles. The molecule has 1 unspecified atom stereocenters. The van der Waals surface area contributed by atoms with E-state index in [0.717, 1.165) is 64.1 Å². The first-order valence-corrected chi connectivity index (χ1v) is 13.5. The average Bonchev–Trinajstić information content (AvgIpc) is 3.57. The van der Waals surface area contributed by atoms with Crippen molar-refractivity contribution in [2.75, 3.05) is 26.2 Å². The minimum absolute atomic E-state index is 0.100. The number of carbonyl (C=O) groups is 3. The molecule has 0 amide bonds. The van der Waals surface area contributed by atoms with Gasteiger partial charge < -0.3 is 19.1 Å². The zero-order valence-corrected chi connectivity index (χ0v) is 21.7. The van der Waals surface area contributed by atoms with Crippen molar-refractivity contribution in [3.63, 3.8) is 0 Å². The number of hydrogen-bond donors (Lipinski definition) is 0. The van der Waals surface area contributed by atoms with Gasteiger partial charge in [-0.15, -0.1) is 11.3 Å². The molecule has 10 heteroatoms. The maximum atomic E-state index is 13.5. The van der Waals surface area contributed by atoms with Gasteiger partial charge in [0, 0.05) is 24.0 Å². The molecule has 0 radical (unpaired) electrons. The van der Waals surface area contributed by atoms with Gasteiger partial charge in [0.15, 0.2) is 6.10 Å². The van der Waals surface area contributed by atoms with Crippen molar-refractivity contribution in [1.29, 1.82) is 0 Å². The van der Waals surface area contributed by atoms with E-state index in [0.29, 0.717) is 12.5 Å². The van der Waals surface area contributed by atoms with Crippen molar-refractivity contribution in [2.45, 2.75) is 25.1 Å². The van der Waals surface area contributed by atoms with Crippen LogP contribution in [0.4, 0.5) is 13.2 Å². The Hall–Kier alpha value is -3.50. The Morgan fingerprint density at radius 2 is 1.49 bits per heavy atom. The molecule has 3 aromatic rings. The van der Waals surface area contributed by atoms with E-state index in [1.165, 1.54) is 11.3 Å². The average molecular weight is 558 g/mol. The SMILES string of the molecule is O=C(C[N+]12CCC(CC1)C(C(=O)OC1c3ccccc3-c3ccccc31)C2)c1cccs1.O=C([O-])C(F)(F)F. The molecule has 0 N–H and O–H groups in total. The van der Waals surface area contributed by atoms with E-state index in [2.05, 4.69) is 24.3 Å². The van der Waals surface area contributed by atoms with Crippen LogP contribution < -0.4 is 5.11 Å². The molecule has 1 aliphatic carbocycles. The highest BCUT2D eigenvalue weighted by Gasteiger charge is 2.51. The number of ketones is 1. The third-order valence-electron chi connectivity index (χ3n) is 7.92. The predicted octanol–water partition coefficient (Wildman–Crippen LogP) is 4.40. The van der Waals surface area contributed by atoms with Gasteiger partial charge in [0.2, 0.25) is 5.78 Å². The number of aliphatic carboxylic acids is 1. The number of carbonyl (C=O) groups excluding carboxylic acids is 3. The van der Waals surface area contributed by atoms with Crippen LogP contribution in [0.3, 0.4) is 0 Å². The van der Waals surface area contributed by atoms with Crippen LogP contribution in [0.1, 0.15) is 39.7 Å². The van der Waals surface area contributed by atoms with Gasteiger partial charge in [-0.25, -0.2) is 0 Å². The fourth-order valence-electron chi connectivity index (χ4n) is 6.04. The van der Waals surface area contributed by atoms with Crippen LogP contribution in [-0.2, 0) is 14.3 Å². The monoisotopic (exact) mass is 557 g/mol. The Bertz CT molecular complexity index is 1330. The Morgan fingerprint density at radius 1 is 0.923 bits per heavy atom. The van der Waals surface area contributed by atoms with Crippen molar-refractivity contribution in [2.24, 2.45) is 11.8 Å². The number of rotatable bonds is 5. The highest BCUT2D eigenvalue weighted by Crippen LogP contribution is 2.46. The zero-order valence-electron chi connectivity index (χ0n) is 20.9. The number of alkyl halides is 3. The van der Waals surface area contributed by atoms with Gasteiger partial charge in [-0.2, -0.15) is 13.2 Å². The first-order valence-electron chi connectivity index (χ1n) is 12.7. The number of thiophene rings is 1. The van der Waals surface area contributed by atoms with E-state index in [1.54, 1.807) is 0 Å². The summed E-state index contributed by atoms with van der Waals surface area (Å²) >= 11 is 1.51. The molecular formula is C29H26F3NO5S. The van der Waals surface area contributed by atoms with Crippen LogP contribution >= 0.6 is 11.3 Å². The summed E-state index contributed by atoms with van der Waals surface area (Å²) < 4.78 is 38.5. The first-order chi connectivity index (χ1) is 18.6. The Balaban J connectivity index is 0.000000392. The number of Topliss-reactive ketones (excluding diaryl/α,β-unsaturated/α-hetero) is 1. The van der Waals surface area contributed by atoms with Crippen molar-refractivity contribution in [1.82, 2.24) is 0 Å². The summed E-state index contributed by atoms with van der Waals surface area (Å²) in [6.45, 7) is 3.18. The number of halogens is 3. The van der Waals surface area contributed by atoms with E-state index in [9.17, 15) is 22.8 Å². The molecule has 0 saturated carbocycles. The quantitative estimate of drug-likeness (QED) is 0.264. The molecule has 0 spiro atoms. The minimum atomic E-state index is -5.19. The van der Waals surface area contributed by atoms with Gasteiger partial charge in [0.05, 0.1) is 24.5 Å². The van der Waals surface area contributed by atoms with E-state index in [-0.39, 0.29) is 23.8 Å². The minimum Gasteiger partial charge on any atom is -0.542 e. The van der Waals surface area contributed by atoms with E-state index in [1.807, 2.05) is 41.8 Å². The number of fused-ring (bicyclic) bond motifs is 6. The largest absolute Gasteiger partial charge is 0.542 e. The fourth-order valence-corrected chi connectivity index (χ4v) is 6.69. The Morgan fingerprint density at radius 3 is 2.00 bits per heavy atom. The smallest absolute Gasteiger partial charge is 0.430 e. The molecule has 2 bridgehead atoms. The third-order valence-corrected chi connectivity index (χ3v) is 8.83. The zero-order chi connectivity index (χ0) is 27.8. The number of esters is 1. The van der Waals surface area contributed by atoms with Gasteiger partial charge in [-0.3, -0.25) is 9.59 Å². The number of ether oxygens (including phenoxy) is 1. The lowest BCUT2D eigenvalue weighted by Gasteiger charge is -2.51. The van der Waals surface area contributed by atoms with Gasteiger partial charge >= 0.3 is 12.1 Å². The highest BCUT2D eigenvalue weighted by atomic mass is 32.1. The maximum absolute atomic E-state index is 13.5. The van der Waals surface area contributed by atoms with Crippen LogP contribution in [-0.4, -0.2) is 54.6 Å². The Kier molecular flexibility index (Phi) is 7.35. The lowest BCUT2D eigenvalue weighted by molar-refractivity contribution is -0.938. The molecule has 2 aromatic carbocycles. The van der Waals surface area contributed by atoms with E-state index >= 15 is 0 Å². The molecule has 4 heterocycles. The molecule has 3 saturated heterocycles. The summed E-state index contributed by atoms with van der Waals surface area (Å²) in [5.41, 5.74) is 4.44. The van der Waals surface area contributed by atoms with Gasteiger partial charge in [0.1, 0.15) is 18.4 Å². The van der Waals surface area contributed by atoms with E-state index in [4.69, 9.17) is 14.6 Å². The number of benzene rings is 2. The standard InChI is InChI=1S/C27H26NO3S.C2HF3O2/c29-24(25-10-5-15-32-25)17-28-13-11-18(12-14-28)23(16-28)27(30)31-26-21-8-3-1-6-19(21)20-7-2-4-9-22(20)26;3-2(4,5)1(6)7/h1-10,15,18,23,26H,11-14,16-17H2;(H,6,7)/q+1;/p-1. The number of carboxylic acids is 1. The van der Waals surface area contributed by atoms with Gasteiger partial charge in [-0.1, -0.05) is 54.6 Å². The molecule has 1 atom stereocenters. The number of hydrogen-bond acceptors (Lipinski definition) is 6. The number of piperidine rings is 3. The Labute approximate surface area is 227 Å². The summed E-state index contributed by atoms with van der Waals surface area (Å²) in [4.78, 5) is 36.0. The maximum Gasteiger partial charge on any atom is 0.430 e. The lowest BCUT2D eigenvalue weighted by atomic mass is 9.77. The van der Waals surface area contributed by atoms with E-state index < -0.39 is 12.1 Å². The molecule has 3 fully saturated rings. The molecule has 6 nitrogen and oxygen atoms in total. The summed E-state index contributed by atoms with van der Waals surface area (Å²) in [6, 6.07) is 20.3. The second-order valence-electron chi connectivity index (χ2n) is 10.3. The first kappa shape index (κ1) is 27.1. The van der Waals surface area contributed by atoms with Crippen molar-refractivity contribution < 1.29 is 41.9 Å². The summed E-state index contributed by atoms with van der Waals surface area (Å²) in [5.74, 6) is -2.67. The van der Waals surface area contributed by atoms with Crippen LogP contribution in [0.25, 0.3) is 11.1 Å². The normalized spacial score (nSPS) is 23.3. The van der Waals surface area contributed by atoms with Crippen LogP contribution in [0.5, 0.6) is 0 Å². The summed E-state index contributed by atoms with van der Waals surface area (Å²) in [5, 5.41) is 10.7. The molecule has 4 aliphatic rings. The second kappa shape index (κ2) is 10.6. The number of nitrogens with zero attached hydrogens (tertiary/aromatic N) is 1. The summed E-state index contributed by atoms with van der Waals surface area (Å²) in [6.07, 6.45) is -3.54. The fraction of sp³-hybridized carbons (Fsp3) is 0.345. The molecule has 204 valence electrons. The molecule has 39 heavy (non-hydrogen) atoms. The predicted molar refractivity (Wildman–Crippen MR) is 135 cm³/mol. The molecule has 3 aliphatic heterocycles. The third kappa shape index (κ3) is 5.49. The van der Waals surface area contributed by atoms with Crippen LogP contribution in [0, 0.1) is 11.8 Å². The highest BCUT2D eigenvalue weighted by molar-refractivity contribution is 7.12. The molecule has 7 rings (SSSR count). The van der Waals surface area contributed by atoms with Crippen LogP contribution in [0.2, 0.25) is 0 Å². The number of carboxylic acid groups (broad SMARTS) is 1. The van der Waals surface area contributed by atoms with Crippen LogP contribution in [0.15, 0.2) is 66.0 Å². The van der Waals surface area contributed by atoms with Gasteiger partial charge in [0.25, 0.3) is 0 Å². The lowest BCUT2D eigenvalue weighted by Crippen LogP contribution is -2.64. The number of quaternary nitrogens is 1. The van der Waals surface area contributed by atoms with Crippen molar-refractivity contribution in [3.8, 4) is 11.1 Å². The topological polar surface area (TPSA) is 83.5 Å². The second-order valence-corrected chi connectivity index (χ2v) is 11.2. The van der Waals surface area contributed by atoms with Crippen molar-refractivity contribution in [3.05, 3.63) is 82.0 Å². The molecular weight excluding hydrogens is 531 g/mol. The van der Waals surface area contributed by atoms with Crippen molar-refractivity contribution >= 4 is 29.1 Å². The van der Waals surface area contributed by atoms with Gasteiger partial charge in [-0.05, 0) is 28.5 Å². The summed E-state index contributed by atoms with van der Waals surface area (Å²) in [7, 11) is 0.